The summed E-state index contributed by atoms with van der Waals surface area (Å²) in [5, 5.41) is 0. The monoisotopic (exact) mass is 301 g/mol. The zero-order valence-electron chi connectivity index (χ0n) is 12.7. The molecule has 0 saturated carbocycles. The van der Waals surface area contributed by atoms with E-state index in [1.54, 1.807) is 12.1 Å². The molecule has 0 aromatic heterocycles. The van der Waals surface area contributed by atoms with Gasteiger partial charge in [0.15, 0.2) is 0 Å². The Bertz CT molecular complexity index is 481. The standard InChI is InChI=1S/C15H21F2NO3/c1-5-20-13(19)15(16,17)12(18)10-6-8-11(9-7-10)21-14(2,3)4/h6-9,12H,5,18H2,1-4H3/t12-/m0/s1. The third-order valence-corrected chi connectivity index (χ3v) is 2.60. The summed E-state index contributed by atoms with van der Waals surface area (Å²) in [5.74, 6) is -4.85. The molecular formula is C15H21F2NO3. The topological polar surface area (TPSA) is 61.5 Å². The second-order valence-electron chi connectivity index (χ2n) is 5.60. The van der Waals surface area contributed by atoms with Gasteiger partial charge >= 0.3 is 11.9 Å². The molecule has 0 amide bonds. The van der Waals surface area contributed by atoms with Crippen LogP contribution in [0.2, 0.25) is 0 Å². The van der Waals surface area contributed by atoms with Crippen molar-refractivity contribution in [1.82, 2.24) is 0 Å². The van der Waals surface area contributed by atoms with Crippen LogP contribution in [0.1, 0.15) is 39.3 Å². The molecule has 6 heteroatoms. The van der Waals surface area contributed by atoms with Crippen LogP contribution in [0.25, 0.3) is 0 Å². The van der Waals surface area contributed by atoms with Gasteiger partial charge in [-0.25, -0.2) is 4.79 Å². The minimum absolute atomic E-state index is 0.125. The summed E-state index contributed by atoms with van der Waals surface area (Å²) < 4.78 is 37.6. The lowest BCUT2D eigenvalue weighted by atomic mass is 10.0. The zero-order chi connectivity index (χ0) is 16.3. The van der Waals surface area contributed by atoms with Crippen LogP contribution in [-0.4, -0.2) is 24.1 Å². The number of ether oxygens (including phenoxy) is 2. The average molecular weight is 301 g/mol. The van der Waals surface area contributed by atoms with E-state index in [9.17, 15) is 13.6 Å². The number of benzene rings is 1. The Balaban J connectivity index is 2.88. The van der Waals surface area contributed by atoms with E-state index in [1.165, 1.54) is 19.1 Å². The number of halogens is 2. The summed E-state index contributed by atoms with van der Waals surface area (Å²) in [5.41, 5.74) is 5.23. The van der Waals surface area contributed by atoms with Crippen LogP contribution in [0, 0.1) is 0 Å². The summed E-state index contributed by atoms with van der Waals surface area (Å²) in [6.07, 6.45) is 0. The maximum absolute atomic E-state index is 13.8. The first-order valence-corrected chi connectivity index (χ1v) is 6.67. The summed E-state index contributed by atoms with van der Waals surface area (Å²) in [6, 6.07) is 4.15. The highest BCUT2D eigenvalue weighted by Gasteiger charge is 2.47. The van der Waals surface area contributed by atoms with Crippen LogP contribution in [0.4, 0.5) is 8.78 Å². The molecule has 0 heterocycles. The van der Waals surface area contributed by atoms with Gasteiger partial charge in [0, 0.05) is 0 Å². The summed E-state index contributed by atoms with van der Waals surface area (Å²) >= 11 is 0. The normalized spacial score (nSPS) is 13.7. The Labute approximate surface area is 123 Å². The fraction of sp³-hybridized carbons (Fsp3) is 0.533. The van der Waals surface area contributed by atoms with E-state index in [0.717, 1.165) is 0 Å². The van der Waals surface area contributed by atoms with Crippen LogP contribution in [-0.2, 0) is 9.53 Å². The number of rotatable bonds is 5. The lowest BCUT2D eigenvalue weighted by molar-refractivity contribution is -0.174. The molecule has 0 radical (unpaired) electrons. The molecule has 0 fully saturated rings. The molecule has 118 valence electrons. The molecule has 0 aliphatic carbocycles. The number of esters is 1. The maximum Gasteiger partial charge on any atom is 0.379 e. The minimum atomic E-state index is -3.78. The molecule has 0 aliphatic heterocycles. The number of carbonyl (C=O) groups is 1. The van der Waals surface area contributed by atoms with Crippen molar-refractivity contribution in [3.05, 3.63) is 29.8 Å². The first kappa shape index (κ1) is 17.4. The average Bonchev–Trinajstić information content (AvgIpc) is 2.37. The fourth-order valence-corrected chi connectivity index (χ4v) is 1.66. The molecule has 21 heavy (non-hydrogen) atoms. The van der Waals surface area contributed by atoms with Crippen LogP contribution < -0.4 is 10.5 Å². The van der Waals surface area contributed by atoms with E-state index in [0.29, 0.717) is 5.75 Å². The van der Waals surface area contributed by atoms with Crippen molar-refractivity contribution in [3.8, 4) is 5.75 Å². The Hall–Kier alpha value is -1.69. The van der Waals surface area contributed by atoms with E-state index < -0.39 is 23.5 Å². The molecule has 1 atom stereocenters. The molecule has 1 aromatic carbocycles. The molecule has 0 aliphatic rings. The number of nitrogens with two attached hydrogens (primary N) is 1. The van der Waals surface area contributed by atoms with E-state index in [2.05, 4.69) is 4.74 Å². The molecule has 1 aromatic rings. The number of hydrogen-bond donors (Lipinski definition) is 1. The van der Waals surface area contributed by atoms with Crippen molar-refractivity contribution in [1.29, 1.82) is 0 Å². The Kier molecular flexibility index (Phi) is 5.28. The Morgan fingerprint density at radius 1 is 1.24 bits per heavy atom. The highest BCUT2D eigenvalue weighted by Crippen LogP contribution is 2.31. The van der Waals surface area contributed by atoms with Crippen molar-refractivity contribution < 1.29 is 23.0 Å². The molecule has 0 spiro atoms. The highest BCUT2D eigenvalue weighted by molar-refractivity contribution is 5.78. The maximum atomic E-state index is 13.8. The molecule has 0 saturated heterocycles. The Morgan fingerprint density at radius 2 is 1.76 bits per heavy atom. The van der Waals surface area contributed by atoms with E-state index in [4.69, 9.17) is 10.5 Å². The highest BCUT2D eigenvalue weighted by atomic mass is 19.3. The van der Waals surface area contributed by atoms with Crippen molar-refractivity contribution in [2.75, 3.05) is 6.61 Å². The van der Waals surface area contributed by atoms with Gasteiger partial charge < -0.3 is 15.2 Å². The quantitative estimate of drug-likeness (QED) is 0.849. The molecular weight excluding hydrogens is 280 g/mol. The number of alkyl halides is 2. The van der Waals surface area contributed by atoms with Gasteiger partial charge in [-0.05, 0) is 45.4 Å². The van der Waals surface area contributed by atoms with Crippen LogP contribution in [0.15, 0.2) is 24.3 Å². The third kappa shape index (κ3) is 4.67. The van der Waals surface area contributed by atoms with Crippen molar-refractivity contribution in [2.45, 2.75) is 45.3 Å². The largest absolute Gasteiger partial charge is 0.488 e. The van der Waals surface area contributed by atoms with Crippen molar-refractivity contribution >= 4 is 5.97 Å². The second-order valence-corrected chi connectivity index (χ2v) is 5.60. The van der Waals surface area contributed by atoms with Crippen LogP contribution >= 0.6 is 0 Å². The SMILES string of the molecule is CCOC(=O)C(F)(F)[C@@H](N)c1ccc(OC(C)(C)C)cc1. The molecule has 0 unspecified atom stereocenters. The van der Waals surface area contributed by atoms with Gasteiger partial charge in [-0.2, -0.15) is 8.78 Å². The molecule has 1 rings (SSSR count). The minimum Gasteiger partial charge on any atom is -0.488 e. The van der Waals surface area contributed by atoms with Gasteiger partial charge in [-0.3, -0.25) is 0 Å². The predicted octanol–water partition coefficient (Wildman–Crippen LogP) is 3.06. The fourth-order valence-electron chi connectivity index (χ4n) is 1.66. The van der Waals surface area contributed by atoms with E-state index in [1.807, 2.05) is 20.8 Å². The molecule has 0 bridgehead atoms. The van der Waals surface area contributed by atoms with Gasteiger partial charge in [0.05, 0.1) is 6.61 Å². The van der Waals surface area contributed by atoms with E-state index >= 15 is 0 Å². The number of hydrogen-bond acceptors (Lipinski definition) is 4. The Morgan fingerprint density at radius 3 is 2.19 bits per heavy atom. The van der Waals surface area contributed by atoms with Crippen LogP contribution in [0.3, 0.4) is 0 Å². The zero-order valence-corrected chi connectivity index (χ0v) is 12.7. The predicted molar refractivity (Wildman–Crippen MR) is 75.3 cm³/mol. The summed E-state index contributed by atoms with van der Waals surface area (Å²) in [4.78, 5) is 11.3. The lowest BCUT2D eigenvalue weighted by Crippen LogP contribution is -2.41. The number of carbonyl (C=O) groups excluding carboxylic acids is 1. The van der Waals surface area contributed by atoms with Crippen molar-refractivity contribution in [2.24, 2.45) is 5.73 Å². The van der Waals surface area contributed by atoms with Gasteiger partial charge in [0.1, 0.15) is 17.4 Å². The third-order valence-electron chi connectivity index (χ3n) is 2.60. The van der Waals surface area contributed by atoms with Gasteiger partial charge in [0.2, 0.25) is 0 Å². The van der Waals surface area contributed by atoms with Crippen molar-refractivity contribution in [3.63, 3.8) is 0 Å². The summed E-state index contributed by atoms with van der Waals surface area (Å²) in [7, 11) is 0. The first-order valence-electron chi connectivity index (χ1n) is 6.67. The molecule has 4 nitrogen and oxygen atoms in total. The lowest BCUT2D eigenvalue weighted by Gasteiger charge is -2.23. The van der Waals surface area contributed by atoms with Crippen LogP contribution in [0.5, 0.6) is 5.75 Å². The van der Waals surface area contributed by atoms with Gasteiger partial charge in [0.25, 0.3) is 0 Å². The van der Waals surface area contributed by atoms with Gasteiger partial charge in [-0.15, -0.1) is 0 Å². The smallest absolute Gasteiger partial charge is 0.379 e. The van der Waals surface area contributed by atoms with Gasteiger partial charge in [-0.1, -0.05) is 12.1 Å². The first-order chi connectivity index (χ1) is 9.58. The second kappa shape index (κ2) is 6.39. The van der Waals surface area contributed by atoms with E-state index in [-0.39, 0.29) is 12.2 Å². The molecule has 2 N–H and O–H groups in total. The summed E-state index contributed by atoms with van der Waals surface area (Å²) in [6.45, 7) is 6.96.